The van der Waals surface area contributed by atoms with Gasteiger partial charge in [-0.15, -0.1) is 0 Å². The molecule has 34 heavy (non-hydrogen) atoms. The number of nitrogens with zero attached hydrogens (tertiary/aromatic N) is 2. The van der Waals surface area contributed by atoms with E-state index in [2.05, 4.69) is 65.8 Å². The number of phenolic OH excluding ortho intramolecular Hbond substituents is 2. The van der Waals surface area contributed by atoms with E-state index in [4.69, 9.17) is 9.98 Å². The number of hydrogen-bond donors (Lipinski definition) is 2. The molecule has 2 aromatic rings. The summed E-state index contributed by atoms with van der Waals surface area (Å²) in [6, 6.07) is 8.89. The highest BCUT2D eigenvalue weighted by Gasteiger charge is 2.20. The van der Waals surface area contributed by atoms with E-state index >= 15 is 0 Å². The van der Waals surface area contributed by atoms with Crippen LogP contribution in [0.5, 0.6) is 11.5 Å². The van der Waals surface area contributed by atoms with Crippen LogP contribution in [0.15, 0.2) is 34.3 Å². The Balaban J connectivity index is 1.66. The minimum Gasteiger partial charge on any atom is -0.507 e. The molecule has 1 aliphatic carbocycles. The SMILES string of the molecule is CCc1cc(C(C)C)cc(C=NC2CCC(N=Cc3cc(C(C)C)cc(CC)c3O)CC2)c1O. The van der Waals surface area contributed by atoms with Crippen LogP contribution in [-0.4, -0.2) is 34.7 Å². The van der Waals surface area contributed by atoms with Crippen molar-refractivity contribution in [1.82, 2.24) is 0 Å². The van der Waals surface area contributed by atoms with Gasteiger partial charge in [-0.3, -0.25) is 9.98 Å². The lowest BCUT2D eigenvalue weighted by Gasteiger charge is -2.23. The van der Waals surface area contributed by atoms with Gasteiger partial charge in [0.1, 0.15) is 11.5 Å². The summed E-state index contributed by atoms with van der Waals surface area (Å²) in [5, 5.41) is 21.3. The van der Waals surface area contributed by atoms with Gasteiger partial charge in [-0.05, 0) is 84.7 Å². The van der Waals surface area contributed by atoms with Crippen LogP contribution < -0.4 is 0 Å². The molecule has 0 radical (unpaired) electrons. The molecule has 2 aromatic carbocycles. The molecule has 1 saturated carbocycles. The first kappa shape index (κ1) is 26.0. The van der Waals surface area contributed by atoms with Crippen LogP contribution in [0.2, 0.25) is 0 Å². The maximum Gasteiger partial charge on any atom is 0.127 e. The van der Waals surface area contributed by atoms with E-state index in [1.54, 1.807) is 0 Å². The van der Waals surface area contributed by atoms with Crippen molar-refractivity contribution in [2.24, 2.45) is 9.98 Å². The number of aromatic hydroxyl groups is 2. The largest absolute Gasteiger partial charge is 0.507 e. The monoisotopic (exact) mass is 462 g/mol. The average molecular weight is 463 g/mol. The molecule has 0 heterocycles. The molecule has 4 heteroatoms. The zero-order valence-electron chi connectivity index (χ0n) is 21.8. The van der Waals surface area contributed by atoms with Gasteiger partial charge in [0, 0.05) is 23.6 Å². The molecular weight excluding hydrogens is 420 g/mol. The lowest BCUT2D eigenvalue weighted by molar-refractivity contribution is 0.399. The van der Waals surface area contributed by atoms with E-state index in [-0.39, 0.29) is 12.1 Å². The van der Waals surface area contributed by atoms with Crippen molar-refractivity contribution in [3.63, 3.8) is 0 Å². The van der Waals surface area contributed by atoms with Crippen LogP contribution in [0.3, 0.4) is 0 Å². The number of rotatable bonds is 8. The summed E-state index contributed by atoms with van der Waals surface area (Å²) < 4.78 is 0. The quantitative estimate of drug-likeness (QED) is 0.404. The Morgan fingerprint density at radius 1 is 0.706 bits per heavy atom. The van der Waals surface area contributed by atoms with E-state index in [0.717, 1.165) is 60.8 Å². The highest BCUT2D eigenvalue weighted by atomic mass is 16.3. The summed E-state index contributed by atoms with van der Waals surface area (Å²) in [7, 11) is 0. The van der Waals surface area contributed by atoms with Gasteiger partial charge in [0.2, 0.25) is 0 Å². The normalized spacial score (nSPS) is 19.2. The number of hydrogen-bond acceptors (Lipinski definition) is 4. The van der Waals surface area contributed by atoms with Gasteiger partial charge in [-0.25, -0.2) is 0 Å². The minimum absolute atomic E-state index is 0.267. The third-order valence-electron chi connectivity index (χ3n) is 7.09. The molecule has 0 spiro atoms. The van der Waals surface area contributed by atoms with E-state index in [1.165, 1.54) is 11.1 Å². The van der Waals surface area contributed by atoms with Crippen molar-refractivity contribution >= 4 is 12.4 Å². The van der Waals surface area contributed by atoms with Crippen molar-refractivity contribution in [2.75, 3.05) is 0 Å². The average Bonchev–Trinajstić information content (AvgIpc) is 2.83. The molecule has 0 bridgehead atoms. The lowest BCUT2D eigenvalue weighted by atomic mass is 9.91. The Morgan fingerprint density at radius 2 is 1.06 bits per heavy atom. The van der Waals surface area contributed by atoms with Crippen molar-refractivity contribution in [2.45, 2.75) is 104 Å². The van der Waals surface area contributed by atoms with E-state index < -0.39 is 0 Å². The highest BCUT2D eigenvalue weighted by molar-refractivity contribution is 5.85. The summed E-state index contributed by atoms with van der Waals surface area (Å²) in [6.07, 6.45) is 9.32. The number of phenols is 2. The maximum absolute atomic E-state index is 10.6. The number of benzene rings is 2. The van der Waals surface area contributed by atoms with E-state index in [1.807, 2.05) is 12.4 Å². The molecule has 4 nitrogen and oxygen atoms in total. The Labute approximate surface area is 205 Å². The number of aryl methyl sites for hydroxylation is 2. The van der Waals surface area contributed by atoms with Gasteiger partial charge in [0.25, 0.3) is 0 Å². The van der Waals surface area contributed by atoms with Gasteiger partial charge in [-0.2, -0.15) is 0 Å². The third kappa shape index (κ3) is 6.28. The van der Waals surface area contributed by atoms with Crippen molar-refractivity contribution in [3.05, 3.63) is 57.6 Å². The molecule has 1 fully saturated rings. The van der Waals surface area contributed by atoms with Gasteiger partial charge < -0.3 is 10.2 Å². The van der Waals surface area contributed by atoms with Crippen LogP contribution >= 0.6 is 0 Å². The van der Waals surface area contributed by atoms with Crippen molar-refractivity contribution in [1.29, 1.82) is 0 Å². The molecule has 184 valence electrons. The van der Waals surface area contributed by atoms with Gasteiger partial charge in [0.05, 0.1) is 12.1 Å². The topological polar surface area (TPSA) is 65.2 Å². The second-order valence-corrected chi connectivity index (χ2v) is 10.3. The zero-order valence-corrected chi connectivity index (χ0v) is 21.8. The summed E-state index contributed by atoms with van der Waals surface area (Å²) in [5.41, 5.74) is 6.12. The molecule has 0 aromatic heterocycles. The predicted molar refractivity (Wildman–Crippen MR) is 144 cm³/mol. The smallest absolute Gasteiger partial charge is 0.127 e. The highest BCUT2D eigenvalue weighted by Crippen LogP contribution is 2.30. The minimum atomic E-state index is 0.267. The van der Waals surface area contributed by atoms with Gasteiger partial charge in [0.15, 0.2) is 0 Å². The molecule has 2 N–H and O–H groups in total. The summed E-state index contributed by atoms with van der Waals surface area (Å²) in [6.45, 7) is 12.9. The van der Waals surface area contributed by atoms with Crippen molar-refractivity contribution in [3.8, 4) is 11.5 Å². The molecule has 0 unspecified atom stereocenters. The van der Waals surface area contributed by atoms with E-state index in [0.29, 0.717) is 23.3 Å². The molecule has 0 saturated heterocycles. The first-order valence-corrected chi connectivity index (χ1v) is 13.0. The van der Waals surface area contributed by atoms with Gasteiger partial charge >= 0.3 is 0 Å². The standard InChI is InChI=1S/C30H42N2O2/c1-7-21-13-23(19(3)4)15-25(29(21)33)17-31-27-9-11-28(12-10-27)32-18-26-16-24(20(5)6)14-22(8-2)30(26)34/h13-20,27-28,33-34H,7-12H2,1-6H3. The second kappa shape index (κ2) is 11.7. The van der Waals surface area contributed by atoms with Crippen LogP contribution in [0.1, 0.15) is 112 Å². The first-order chi connectivity index (χ1) is 16.2. The third-order valence-corrected chi connectivity index (χ3v) is 7.09. The first-order valence-electron chi connectivity index (χ1n) is 13.0. The zero-order chi connectivity index (χ0) is 24.8. The summed E-state index contributed by atoms with van der Waals surface area (Å²) in [5.74, 6) is 1.56. The van der Waals surface area contributed by atoms with Crippen LogP contribution in [0, 0.1) is 0 Å². The molecule has 0 atom stereocenters. The predicted octanol–water partition coefficient (Wildman–Crippen LogP) is 7.32. The Kier molecular flexibility index (Phi) is 8.93. The van der Waals surface area contributed by atoms with E-state index in [9.17, 15) is 10.2 Å². The Morgan fingerprint density at radius 3 is 1.35 bits per heavy atom. The molecule has 1 aliphatic rings. The Bertz CT molecular complexity index is 945. The fraction of sp³-hybridized carbons (Fsp3) is 0.533. The maximum atomic E-state index is 10.6. The molecular formula is C30H42N2O2. The lowest BCUT2D eigenvalue weighted by Crippen LogP contribution is -2.20. The summed E-state index contributed by atoms with van der Waals surface area (Å²) >= 11 is 0. The molecule has 0 aliphatic heterocycles. The van der Waals surface area contributed by atoms with Crippen LogP contribution in [0.4, 0.5) is 0 Å². The number of aliphatic imine (C=N–C) groups is 2. The second-order valence-electron chi connectivity index (χ2n) is 10.3. The van der Waals surface area contributed by atoms with Crippen LogP contribution in [-0.2, 0) is 12.8 Å². The fourth-order valence-electron chi connectivity index (χ4n) is 4.62. The Hall–Kier alpha value is -2.62. The molecule has 3 rings (SSSR count). The molecule has 0 amide bonds. The van der Waals surface area contributed by atoms with Crippen LogP contribution in [0.25, 0.3) is 0 Å². The van der Waals surface area contributed by atoms with Crippen molar-refractivity contribution < 1.29 is 10.2 Å². The summed E-state index contributed by atoms with van der Waals surface area (Å²) in [4.78, 5) is 9.67. The van der Waals surface area contributed by atoms with Gasteiger partial charge in [-0.1, -0.05) is 53.7 Å². The fourth-order valence-corrected chi connectivity index (χ4v) is 4.62.